The van der Waals surface area contributed by atoms with Crippen LogP contribution >= 0.6 is 46.4 Å². The predicted octanol–water partition coefficient (Wildman–Crippen LogP) is 5.49. The van der Waals surface area contributed by atoms with E-state index in [1.165, 1.54) is 0 Å². The molecule has 0 aromatic heterocycles. The molecule has 94 valence electrons. The highest BCUT2D eigenvalue weighted by molar-refractivity contribution is 6.43. The third kappa shape index (κ3) is 4.24. The van der Waals surface area contributed by atoms with Crippen LogP contribution in [-0.4, -0.2) is 11.6 Å². The van der Waals surface area contributed by atoms with E-state index in [-0.39, 0.29) is 0 Å². The molecule has 0 amide bonds. The zero-order valence-corrected chi connectivity index (χ0v) is 9.80. The first-order valence-corrected chi connectivity index (χ1v) is 4.65. The van der Waals surface area contributed by atoms with E-state index in [4.69, 9.17) is 11.6 Å². The van der Waals surface area contributed by atoms with E-state index < -0.39 is 32.5 Å². The summed E-state index contributed by atoms with van der Waals surface area (Å²) in [7, 11) is 0. The van der Waals surface area contributed by atoms with Crippen LogP contribution in [-0.2, 0) is 0 Å². The smallest absolute Gasteiger partial charge is 0.193 e. The van der Waals surface area contributed by atoms with Crippen LogP contribution in [0.5, 0.6) is 0 Å². The normalized spacial score (nSPS) is 16.9. The molecule has 0 unspecified atom stereocenters. The van der Waals surface area contributed by atoms with Crippen LogP contribution in [0.1, 0.15) is 0 Å². The van der Waals surface area contributed by atoms with Gasteiger partial charge < -0.3 is 0 Å². The molecule has 0 saturated heterocycles. The van der Waals surface area contributed by atoms with Gasteiger partial charge in [0.2, 0.25) is 5.29 Å². The first-order chi connectivity index (χ1) is 6.89. The summed E-state index contributed by atoms with van der Waals surface area (Å²) in [4.78, 5) is 0. The Balaban J connectivity index is 5.74. The van der Waals surface area contributed by atoms with Gasteiger partial charge in [-0.15, -0.1) is 0 Å². The summed E-state index contributed by atoms with van der Waals surface area (Å²) < 4.78 is 73.2. The Labute approximate surface area is 105 Å². The van der Waals surface area contributed by atoms with Gasteiger partial charge >= 0.3 is 11.6 Å². The molecule has 0 nitrogen and oxygen atoms in total. The third-order valence-electron chi connectivity index (χ3n) is 1.13. The number of hydrogen-bond donors (Lipinski definition) is 0. The van der Waals surface area contributed by atoms with Gasteiger partial charge in [-0.05, 0) is 11.6 Å². The number of halogens is 10. The average Bonchev–Trinajstić information content (AvgIpc) is 1.97. The molecule has 0 aromatic rings. The first kappa shape index (κ1) is 16.2. The fourth-order valence-corrected chi connectivity index (χ4v) is 1.49. The predicted molar refractivity (Wildman–Crippen MR) is 49.6 cm³/mol. The van der Waals surface area contributed by atoms with Crippen LogP contribution in [0, 0.1) is 0 Å². The minimum absolute atomic E-state index is 1.80. The molecule has 0 aromatic carbocycles. The second-order valence-electron chi connectivity index (χ2n) is 2.26. The monoisotopic (exact) mass is 326 g/mol. The highest BCUT2D eigenvalue weighted by atomic mass is 35.5. The quantitative estimate of drug-likeness (QED) is 0.357. The molecule has 0 saturated carbocycles. The Morgan fingerprint density at radius 1 is 0.875 bits per heavy atom. The van der Waals surface area contributed by atoms with Gasteiger partial charge in [-0.3, -0.25) is 0 Å². The third-order valence-corrected chi connectivity index (χ3v) is 2.39. The Kier molecular flexibility index (Phi) is 5.32. The lowest BCUT2D eigenvalue weighted by atomic mass is 10.2. The van der Waals surface area contributed by atoms with Gasteiger partial charge in [0.25, 0.3) is 0 Å². The number of allylic oxidation sites excluding steroid dienone is 3. The van der Waals surface area contributed by atoms with E-state index in [2.05, 4.69) is 34.8 Å². The van der Waals surface area contributed by atoms with Crippen molar-refractivity contribution < 1.29 is 26.3 Å². The minimum Gasteiger partial charge on any atom is -0.193 e. The molecule has 16 heavy (non-hydrogen) atoms. The van der Waals surface area contributed by atoms with Crippen molar-refractivity contribution in [3.05, 3.63) is 20.9 Å². The minimum atomic E-state index is -5.22. The van der Waals surface area contributed by atoms with Crippen molar-refractivity contribution in [2.24, 2.45) is 0 Å². The molecule has 0 spiro atoms. The lowest BCUT2D eigenvalue weighted by Gasteiger charge is -2.14. The maximum absolute atomic E-state index is 12.5. The zero-order chi connectivity index (χ0) is 13.3. The van der Waals surface area contributed by atoms with Crippen molar-refractivity contribution in [3.8, 4) is 0 Å². The van der Waals surface area contributed by atoms with Gasteiger partial charge in [0, 0.05) is 0 Å². The molecule has 0 N–H and O–H groups in total. The Hall–Kier alpha value is 0.220. The number of hydrogen-bond acceptors (Lipinski definition) is 0. The lowest BCUT2D eigenvalue weighted by Crippen LogP contribution is -2.16. The maximum atomic E-state index is 12.5. The van der Waals surface area contributed by atoms with E-state index >= 15 is 0 Å². The Bertz CT molecular complexity index is 332. The van der Waals surface area contributed by atoms with E-state index in [9.17, 15) is 26.3 Å². The molecule has 0 aliphatic carbocycles. The topological polar surface area (TPSA) is 0 Å². The summed E-state index contributed by atoms with van der Waals surface area (Å²) in [5, 5.41) is -10.7. The van der Waals surface area contributed by atoms with Gasteiger partial charge in [-0.1, -0.05) is 34.8 Å². The summed E-state index contributed by atoms with van der Waals surface area (Å²) >= 11 is 18.3. The molecule has 0 heterocycles. The van der Waals surface area contributed by atoms with Crippen molar-refractivity contribution in [1.82, 2.24) is 0 Å². The fourth-order valence-electron chi connectivity index (χ4n) is 0.549. The van der Waals surface area contributed by atoms with Crippen molar-refractivity contribution in [3.63, 3.8) is 0 Å². The molecule has 0 fully saturated rings. The van der Waals surface area contributed by atoms with Crippen LogP contribution in [0.25, 0.3) is 0 Å². The summed E-state index contributed by atoms with van der Waals surface area (Å²) in [5.41, 5.74) is -2.04. The van der Waals surface area contributed by atoms with E-state index in [0.717, 1.165) is 0 Å². The molecular weight excluding hydrogens is 328 g/mol. The molecule has 0 rings (SSSR count). The molecule has 0 radical (unpaired) electrons. The van der Waals surface area contributed by atoms with Crippen LogP contribution < -0.4 is 0 Å². The summed E-state index contributed by atoms with van der Waals surface area (Å²) in [6.45, 7) is 0. The number of alkyl halides is 6. The fraction of sp³-hybridized carbons (Fsp3) is 0.333. The van der Waals surface area contributed by atoms with Crippen LogP contribution in [0.3, 0.4) is 0 Å². The highest BCUT2D eigenvalue weighted by Gasteiger charge is 2.43. The SMILES string of the molecule is FC(Cl)=C(C(Cl)=C(Cl)C(F)(F)F)C(F)(F)Cl. The summed E-state index contributed by atoms with van der Waals surface area (Å²) in [5.74, 6) is 0. The lowest BCUT2D eigenvalue weighted by molar-refractivity contribution is -0.0848. The van der Waals surface area contributed by atoms with Gasteiger partial charge in [-0.2, -0.15) is 26.3 Å². The average molecular weight is 328 g/mol. The van der Waals surface area contributed by atoms with E-state index in [0.29, 0.717) is 0 Å². The second kappa shape index (κ2) is 5.25. The zero-order valence-electron chi connectivity index (χ0n) is 6.78. The largest absolute Gasteiger partial charge is 0.428 e. The van der Waals surface area contributed by atoms with Crippen molar-refractivity contribution in [2.45, 2.75) is 11.6 Å². The standard InChI is InChI=1S/C6Cl4F6/c7-2(3(8)6(14,15)16)1(4(9)11)5(10,12)13. The van der Waals surface area contributed by atoms with E-state index in [1.807, 2.05) is 0 Å². The Morgan fingerprint density at radius 3 is 1.44 bits per heavy atom. The molecular formula is C6Cl4F6. The molecule has 0 bridgehead atoms. The molecule has 0 aliphatic rings. The van der Waals surface area contributed by atoms with E-state index in [1.54, 1.807) is 0 Å². The maximum Gasteiger partial charge on any atom is 0.428 e. The van der Waals surface area contributed by atoms with Crippen LogP contribution in [0.4, 0.5) is 26.3 Å². The molecule has 10 heteroatoms. The van der Waals surface area contributed by atoms with Gasteiger partial charge in [0.1, 0.15) is 10.6 Å². The van der Waals surface area contributed by atoms with Gasteiger partial charge in [-0.25, -0.2) is 0 Å². The van der Waals surface area contributed by atoms with Gasteiger partial charge in [0.05, 0.1) is 5.03 Å². The van der Waals surface area contributed by atoms with Crippen LogP contribution in [0.15, 0.2) is 20.9 Å². The molecule has 0 aliphatic heterocycles. The molecule has 0 atom stereocenters. The highest BCUT2D eigenvalue weighted by Crippen LogP contribution is 2.44. The summed E-state index contributed by atoms with van der Waals surface area (Å²) in [6.07, 6.45) is -5.22. The first-order valence-electron chi connectivity index (χ1n) is 3.14. The summed E-state index contributed by atoms with van der Waals surface area (Å²) in [6, 6.07) is 0. The van der Waals surface area contributed by atoms with Crippen molar-refractivity contribution in [2.75, 3.05) is 0 Å². The van der Waals surface area contributed by atoms with Crippen molar-refractivity contribution in [1.29, 1.82) is 0 Å². The van der Waals surface area contributed by atoms with Gasteiger partial charge in [0.15, 0.2) is 0 Å². The van der Waals surface area contributed by atoms with Crippen LogP contribution in [0.2, 0.25) is 0 Å². The van der Waals surface area contributed by atoms with Crippen molar-refractivity contribution >= 4 is 46.4 Å². The Morgan fingerprint density at radius 2 is 1.25 bits per heavy atom. The number of rotatable bonds is 2. The second-order valence-corrected chi connectivity index (χ2v) is 3.82.